The highest BCUT2D eigenvalue weighted by molar-refractivity contribution is 6.35. The summed E-state index contributed by atoms with van der Waals surface area (Å²) in [5.41, 5.74) is 0.750. The lowest BCUT2D eigenvalue weighted by atomic mass is 10.1. The average Bonchev–Trinajstić information content (AvgIpc) is 2.37. The maximum absolute atomic E-state index is 11.7. The first-order valence-corrected chi connectivity index (χ1v) is 6.78. The molecule has 0 saturated heterocycles. The molecule has 1 aromatic rings. The molecule has 4 nitrogen and oxygen atoms in total. The van der Waals surface area contributed by atoms with Crippen molar-refractivity contribution in [1.29, 1.82) is 0 Å². The number of hydrogen-bond donors (Lipinski definition) is 2. The summed E-state index contributed by atoms with van der Waals surface area (Å²) in [4.78, 5) is 11.7. The Kier molecular flexibility index (Phi) is 7.82. The van der Waals surface area contributed by atoms with Crippen LogP contribution in [0.15, 0.2) is 18.2 Å². The molecule has 0 atom stereocenters. The van der Waals surface area contributed by atoms with Crippen molar-refractivity contribution in [2.75, 3.05) is 26.4 Å². The molecule has 0 heterocycles. The highest BCUT2D eigenvalue weighted by atomic mass is 35.5. The number of halogens is 2. The maximum Gasteiger partial charge on any atom is 0.224 e. The number of hydrogen-bond acceptors (Lipinski definition) is 3. The Bertz CT molecular complexity index is 413. The molecule has 2 N–H and O–H groups in total. The lowest BCUT2D eigenvalue weighted by Crippen LogP contribution is -2.27. The van der Waals surface area contributed by atoms with Crippen molar-refractivity contribution in [3.05, 3.63) is 33.8 Å². The first-order chi connectivity index (χ1) is 9.13. The predicted octanol–water partition coefficient (Wildman–Crippen LogP) is 2.05. The highest BCUT2D eigenvalue weighted by Crippen LogP contribution is 2.21. The molecule has 0 unspecified atom stereocenters. The van der Waals surface area contributed by atoms with Crippen molar-refractivity contribution in [2.24, 2.45) is 0 Å². The lowest BCUT2D eigenvalue weighted by Gasteiger charge is -2.07. The summed E-state index contributed by atoms with van der Waals surface area (Å²) in [5, 5.41) is 12.3. The number of amides is 1. The van der Waals surface area contributed by atoms with Gasteiger partial charge in [-0.05, 0) is 24.1 Å². The highest BCUT2D eigenvalue weighted by Gasteiger charge is 2.07. The van der Waals surface area contributed by atoms with Crippen LogP contribution in [0.4, 0.5) is 0 Å². The molecule has 0 bridgehead atoms. The van der Waals surface area contributed by atoms with Gasteiger partial charge in [0.1, 0.15) is 0 Å². The van der Waals surface area contributed by atoms with Crippen LogP contribution >= 0.6 is 23.2 Å². The minimum Gasteiger partial charge on any atom is -0.394 e. The van der Waals surface area contributed by atoms with Crippen molar-refractivity contribution < 1.29 is 14.6 Å². The van der Waals surface area contributed by atoms with E-state index in [9.17, 15) is 4.79 Å². The summed E-state index contributed by atoms with van der Waals surface area (Å²) >= 11 is 11.8. The SMILES string of the molecule is O=C(Cc1ccc(Cl)cc1Cl)NCCCOCCO. The molecule has 0 aliphatic heterocycles. The molecular formula is C13H17Cl2NO3. The van der Waals surface area contributed by atoms with Gasteiger partial charge >= 0.3 is 0 Å². The second kappa shape index (κ2) is 9.15. The fourth-order valence-corrected chi connectivity index (χ4v) is 1.94. The first kappa shape index (κ1) is 16.2. The number of ether oxygens (including phenoxy) is 1. The standard InChI is InChI=1S/C13H17Cl2NO3/c14-11-3-2-10(12(15)9-11)8-13(18)16-4-1-6-19-7-5-17/h2-3,9,17H,1,4-8H2,(H,16,18). The Hall–Kier alpha value is -0.810. The summed E-state index contributed by atoms with van der Waals surface area (Å²) in [6.07, 6.45) is 0.938. The van der Waals surface area contributed by atoms with Crippen LogP contribution in [0.2, 0.25) is 10.0 Å². The average molecular weight is 306 g/mol. The zero-order chi connectivity index (χ0) is 14.1. The van der Waals surface area contributed by atoms with Crippen molar-refractivity contribution in [3.8, 4) is 0 Å². The molecule has 106 valence electrons. The van der Waals surface area contributed by atoms with Gasteiger partial charge in [0.05, 0.1) is 19.6 Å². The van der Waals surface area contributed by atoms with Crippen LogP contribution in [0.25, 0.3) is 0 Å². The first-order valence-electron chi connectivity index (χ1n) is 6.02. The van der Waals surface area contributed by atoms with Gasteiger partial charge in [0.2, 0.25) is 5.91 Å². The van der Waals surface area contributed by atoms with E-state index in [-0.39, 0.29) is 18.9 Å². The van der Waals surface area contributed by atoms with Crippen LogP contribution < -0.4 is 5.32 Å². The van der Waals surface area contributed by atoms with Crippen LogP contribution in [0, 0.1) is 0 Å². The number of aliphatic hydroxyl groups excluding tert-OH is 1. The summed E-state index contributed by atoms with van der Waals surface area (Å²) in [6, 6.07) is 5.07. The van der Waals surface area contributed by atoms with Crippen molar-refractivity contribution in [2.45, 2.75) is 12.8 Å². The monoisotopic (exact) mass is 305 g/mol. The third-order valence-corrected chi connectivity index (χ3v) is 2.98. The molecule has 0 fully saturated rings. The van der Waals surface area contributed by atoms with E-state index >= 15 is 0 Å². The van der Waals surface area contributed by atoms with Crippen molar-refractivity contribution in [3.63, 3.8) is 0 Å². The van der Waals surface area contributed by atoms with Gasteiger partial charge in [-0.3, -0.25) is 4.79 Å². The fourth-order valence-electron chi connectivity index (χ4n) is 1.47. The fraction of sp³-hybridized carbons (Fsp3) is 0.462. The molecule has 0 radical (unpaired) electrons. The number of aliphatic hydroxyl groups is 1. The molecule has 0 aliphatic rings. The zero-order valence-electron chi connectivity index (χ0n) is 10.5. The van der Waals surface area contributed by atoms with Crippen LogP contribution in [0.3, 0.4) is 0 Å². The maximum atomic E-state index is 11.7. The van der Waals surface area contributed by atoms with E-state index < -0.39 is 0 Å². The lowest BCUT2D eigenvalue weighted by molar-refractivity contribution is -0.120. The third kappa shape index (κ3) is 6.78. The Morgan fingerprint density at radius 2 is 2.11 bits per heavy atom. The Morgan fingerprint density at radius 1 is 1.32 bits per heavy atom. The molecule has 19 heavy (non-hydrogen) atoms. The van der Waals surface area contributed by atoms with Gasteiger partial charge in [-0.1, -0.05) is 29.3 Å². The van der Waals surface area contributed by atoms with Gasteiger partial charge in [0.25, 0.3) is 0 Å². The summed E-state index contributed by atoms with van der Waals surface area (Å²) < 4.78 is 5.08. The molecule has 1 amide bonds. The molecule has 0 aromatic heterocycles. The topological polar surface area (TPSA) is 58.6 Å². The molecule has 1 rings (SSSR count). The molecule has 0 aliphatic carbocycles. The van der Waals surface area contributed by atoms with E-state index in [1.54, 1.807) is 18.2 Å². The number of benzene rings is 1. The second-order valence-corrected chi connectivity index (χ2v) is 4.80. The number of nitrogens with one attached hydrogen (secondary N) is 1. The molecule has 6 heteroatoms. The van der Waals surface area contributed by atoms with Crippen LogP contribution in [-0.2, 0) is 16.0 Å². The molecule has 1 aromatic carbocycles. The summed E-state index contributed by atoms with van der Waals surface area (Å²) in [7, 11) is 0. The van der Waals surface area contributed by atoms with Crippen molar-refractivity contribution in [1.82, 2.24) is 5.32 Å². The zero-order valence-corrected chi connectivity index (χ0v) is 12.0. The van der Waals surface area contributed by atoms with Crippen LogP contribution in [0.1, 0.15) is 12.0 Å². The van der Waals surface area contributed by atoms with E-state index in [0.717, 1.165) is 5.56 Å². The van der Waals surface area contributed by atoms with Gasteiger partial charge in [-0.25, -0.2) is 0 Å². The normalized spacial score (nSPS) is 10.5. The minimum absolute atomic E-state index is 0.0153. The van der Waals surface area contributed by atoms with E-state index in [0.29, 0.717) is 36.2 Å². The van der Waals surface area contributed by atoms with Crippen LogP contribution in [0.5, 0.6) is 0 Å². The van der Waals surface area contributed by atoms with E-state index in [4.69, 9.17) is 33.0 Å². The van der Waals surface area contributed by atoms with Gasteiger partial charge in [0, 0.05) is 23.2 Å². The van der Waals surface area contributed by atoms with E-state index in [1.807, 2.05) is 0 Å². The van der Waals surface area contributed by atoms with Gasteiger partial charge in [-0.15, -0.1) is 0 Å². The third-order valence-electron chi connectivity index (χ3n) is 2.39. The van der Waals surface area contributed by atoms with E-state index in [2.05, 4.69) is 5.32 Å². The molecular weight excluding hydrogens is 289 g/mol. The van der Waals surface area contributed by atoms with Crippen LogP contribution in [-0.4, -0.2) is 37.4 Å². The smallest absolute Gasteiger partial charge is 0.224 e. The number of carbonyl (C=O) groups is 1. The molecule has 0 saturated carbocycles. The van der Waals surface area contributed by atoms with Gasteiger partial charge in [-0.2, -0.15) is 0 Å². The predicted molar refractivity (Wildman–Crippen MR) is 75.7 cm³/mol. The quantitative estimate of drug-likeness (QED) is 0.723. The summed E-state index contributed by atoms with van der Waals surface area (Å²) in [6.45, 7) is 1.40. The Morgan fingerprint density at radius 3 is 2.79 bits per heavy atom. The van der Waals surface area contributed by atoms with Gasteiger partial charge in [0.15, 0.2) is 0 Å². The summed E-state index contributed by atoms with van der Waals surface area (Å²) in [5.74, 6) is -0.0913. The minimum atomic E-state index is -0.0913. The van der Waals surface area contributed by atoms with Crippen molar-refractivity contribution >= 4 is 29.1 Å². The van der Waals surface area contributed by atoms with E-state index in [1.165, 1.54) is 0 Å². The number of rotatable bonds is 8. The Balaban J connectivity index is 2.23. The largest absolute Gasteiger partial charge is 0.394 e. The van der Waals surface area contributed by atoms with Gasteiger partial charge < -0.3 is 15.2 Å². The number of carbonyl (C=O) groups excluding carboxylic acids is 1. The Labute approximate surface area is 122 Å². The second-order valence-electron chi connectivity index (χ2n) is 3.95. The molecule has 0 spiro atoms.